The molecule has 0 saturated carbocycles. The summed E-state index contributed by atoms with van der Waals surface area (Å²) in [5.41, 5.74) is 0. The maximum absolute atomic E-state index is 12.6. The number of hydrogen-bond donors (Lipinski definition) is 2. The predicted molar refractivity (Wildman–Crippen MR) is 50.7 cm³/mol. The molecular weight excluding hydrogens is 208 g/mol. The van der Waals surface area contributed by atoms with E-state index in [0.717, 1.165) is 0 Å². The highest BCUT2D eigenvalue weighted by Gasteiger charge is 2.29. The van der Waals surface area contributed by atoms with E-state index < -0.39 is 37.0 Å². The molecule has 4 nitrogen and oxygen atoms in total. The van der Waals surface area contributed by atoms with Crippen LogP contribution in [0.3, 0.4) is 0 Å². The van der Waals surface area contributed by atoms with Gasteiger partial charge >= 0.3 is 5.97 Å². The molecule has 0 heterocycles. The van der Waals surface area contributed by atoms with Crippen LogP contribution < -0.4 is 5.32 Å². The lowest BCUT2D eigenvalue weighted by atomic mass is 10.0. The summed E-state index contributed by atoms with van der Waals surface area (Å²) in [6, 6.07) is -0.435. The van der Waals surface area contributed by atoms with Crippen molar-refractivity contribution >= 4 is 5.97 Å². The zero-order chi connectivity index (χ0) is 12.1. The van der Waals surface area contributed by atoms with Crippen molar-refractivity contribution in [3.05, 3.63) is 0 Å². The molecule has 0 amide bonds. The molecule has 0 fully saturated rings. The van der Waals surface area contributed by atoms with E-state index in [1.165, 1.54) is 7.11 Å². The largest absolute Gasteiger partial charge is 0.469 e. The van der Waals surface area contributed by atoms with Gasteiger partial charge in [-0.1, -0.05) is 6.92 Å². The molecule has 90 valence electrons. The van der Waals surface area contributed by atoms with Crippen molar-refractivity contribution in [1.82, 2.24) is 5.32 Å². The van der Waals surface area contributed by atoms with Crippen LogP contribution in [0.1, 0.15) is 13.8 Å². The predicted octanol–water partition coefficient (Wildman–Crippen LogP) is 0.401. The van der Waals surface area contributed by atoms with Crippen LogP contribution in [0.15, 0.2) is 0 Å². The Balaban J connectivity index is 4.03. The molecule has 0 aromatic carbocycles. The topological polar surface area (TPSA) is 58.6 Å². The van der Waals surface area contributed by atoms with E-state index in [2.05, 4.69) is 10.1 Å². The Labute approximate surface area is 87.6 Å². The number of aliphatic hydroxyl groups is 1. The molecule has 0 spiro atoms. The number of carbonyl (C=O) groups is 1. The maximum Gasteiger partial charge on any atom is 0.309 e. The standard InChI is InChI=1S/C9H17F2NO3/c1-6(8(14)15-3)7(2)12-4-9(10,11)5-13/h6-7,12-13H,4-5H2,1-3H3. The van der Waals surface area contributed by atoms with Gasteiger partial charge in [0, 0.05) is 6.04 Å². The van der Waals surface area contributed by atoms with Crippen LogP contribution in [0.2, 0.25) is 0 Å². The van der Waals surface area contributed by atoms with Crippen molar-refractivity contribution in [1.29, 1.82) is 0 Å². The van der Waals surface area contributed by atoms with Crippen molar-refractivity contribution in [2.45, 2.75) is 25.8 Å². The number of ether oxygens (including phenoxy) is 1. The smallest absolute Gasteiger partial charge is 0.309 e. The SMILES string of the molecule is COC(=O)C(C)C(C)NCC(F)(F)CO. The maximum atomic E-state index is 12.6. The van der Waals surface area contributed by atoms with Gasteiger partial charge in [0.05, 0.1) is 19.6 Å². The number of halogens is 2. The van der Waals surface area contributed by atoms with E-state index in [9.17, 15) is 13.6 Å². The first-order chi connectivity index (χ1) is 6.84. The van der Waals surface area contributed by atoms with E-state index in [-0.39, 0.29) is 0 Å². The minimum atomic E-state index is -3.16. The van der Waals surface area contributed by atoms with E-state index in [1.807, 2.05) is 0 Å². The first-order valence-corrected chi connectivity index (χ1v) is 4.64. The van der Waals surface area contributed by atoms with E-state index in [0.29, 0.717) is 0 Å². The fraction of sp³-hybridized carbons (Fsp3) is 0.889. The Morgan fingerprint density at radius 1 is 1.53 bits per heavy atom. The molecule has 15 heavy (non-hydrogen) atoms. The lowest BCUT2D eigenvalue weighted by molar-refractivity contribution is -0.145. The normalized spacial score (nSPS) is 15.9. The van der Waals surface area contributed by atoms with Crippen LogP contribution >= 0.6 is 0 Å². The molecule has 6 heteroatoms. The molecule has 0 aliphatic rings. The molecule has 0 aromatic rings. The third-order valence-corrected chi connectivity index (χ3v) is 2.24. The molecule has 0 saturated heterocycles. The summed E-state index contributed by atoms with van der Waals surface area (Å²) < 4.78 is 29.7. The number of nitrogens with one attached hydrogen (secondary N) is 1. The van der Waals surface area contributed by atoms with Gasteiger partial charge in [0.25, 0.3) is 5.92 Å². The molecule has 2 unspecified atom stereocenters. The van der Waals surface area contributed by atoms with Crippen LogP contribution in [0, 0.1) is 5.92 Å². The summed E-state index contributed by atoms with van der Waals surface area (Å²) in [6.45, 7) is 1.32. The summed E-state index contributed by atoms with van der Waals surface area (Å²) in [7, 11) is 1.24. The third kappa shape index (κ3) is 5.03. The van der Waals surface area contributed by atoms with Crippen LogP contribution in [-0.4, -0.2) is 43.3 Å². The third-order valence-electron chi connectivity index (χ3n) is 2.24. The minimum absolute atomic E-state index is 0.435. The molecular formula is C9H17F2NO3. The van der Waals surface area contributed by atoms with E-state index in [1.54, 1.807) is 13.8 Å². The second-order valence-corrected chi connectivity index (χ2v) is 3.50. The summed E-state index contributed by atoms with van der Waals surface area (Å²) >= 11 is 0. The summed E-state index contributed by atoms with van der Waals surface area (Å²) in [5, 5.41) is 10.8. The number of esters is 1. The average molecular weight is 225 g/mol. The van der Waals surface area contributed by atoms with Crippen LogP contribution in [-0.2, 0) is 9.53 Å². The van der Waals surface area contributed by atoms with Gasteiger partial charge in [-0.25, -0.2) is 8.78 Å². The lowest BCUT2D eigenvalue weighted by Gasteiger charge is -2.22. The Bertz CT molecular complexity index is 212. The number of methoxy groups -OCH3 is 1. The quantitative estimate of drug-likeness (QED) is 0.642. The molecule has 2 N–H and O–H groups in total. The highest BCUT2D eigenvalue weighted by Crippen LogP contribution is 2.12. The molecule has 0 aromatic heterocycles. The van der Waals surface area contributed by atoms with Crippen molar-refractivity contribution in [2.24, 2.45) is 5.92 Å². The van der Waals surface area contributed by atoms with Gasteiger partial charge in [-0.05, 0) is 6.92 Å². The van der Waals surface area contributed by atoms with Crippen LogP contribution in [0.25, 0.3) is 0 Å². The average Bonchev–Trinajstić information content (AvgIpc) is 2.23. The van der Waals surface area contributed by atoms with Gasteiger partial charge in [-0.3, -0.25) is 4.79 Å². The Morgan fingerprint density at radius 3 is 2.47 bits per heavy atom. The number of alkyl halides is 2. The zero-order valence-electron chi connectivity index (χ0n) is 9.09. The Kier molecular flexibility index (Phi) is 5.67. The van der Waals surface area contributed by atoms with Gasteiger partial charge in [0.15, 0.2) is 0 Å². The molecule has 0 rings (SSSR count). The van der Waals surface area contributed by atoms with Crippen molar-refractivity contribution < 1.29 is 23.4 Å². The van der Waals surface area contributed by atoms with E-state index >= 15 is 0 Å². The fourth-order valence-electron chi connectivity index (χ4n) is 0.933. The highest BCUT2D eigenvalue weighted by molar-refractivity contribution is 5.72. The first-order valence-electron chi connectivity index (χ1n) is 4.64. The second-order valence-electron chi connectivity index (χ2n) is 3.50. The van der Waals surface area contributed by atoms with E-state index in [4.69, 9.17) is 5.11 Å². The Hall–Kier alpha value is -0.750. The van der Waals surface area contributed by atoms with Gasteiger partial charge in [-0.2, -0.15) is 0 Å². The van der Waals surface area contributed by atoms with Gasteiger partial charge in [0.2, 0.25) is 0 Å². The summed E-state index contributed by atoms with van der Waals surface area (Å²) in [5.74, 6) is -4.13. The summed E-state index contributed by atoms with van der Waals surface area (Å²) in [6.07, 6.45) is 0. The zero-order valence-corrected chi connectivity index (χ0v) is 9.09. The van der Waals surface area contributed by atoms with Gasteiger partial charge in [-0.15, -0.1) is 0 Å². The Morgan fingerprint density at radius 2 is 2.07 bits per heavy atom. The minimum Gasteiger partial charge on any atom is -0.469 e. The first kappa shape index (κ1) is 14.2. The molecule has 0 bridgehead atoms. The number of rotatable bonds is 6. The second kappa shape index (κ2) is 5.97. The molecule has 0 aliphatic heterocycles. The number of carbonyl (C=O) groups excluding carboxylic acids is 1. The lowest BCUT2D eigenvalue weighted by Crippen LogP contribution is -2.44. The monoisotopic (exact) mass is 225 g/mol. The summed E-state index contributed by atoms with van der Waals surface area (Å²) in [4.78, 5) is 11.0. The van der Waals surface area contributed by atoms with Gasteiger partial charge < -0.3 is 15.2 Å². The van der Waals surface area contributed by atoms with Crippen molar-refractivity contribution in [3.8, 4) is 0 Å². The molecule has 0 aliphatic carbocycles. The van der Waals surface area contributed by atoms with Crippen LogP contribution in [0.4, 0.5) is 8.78 Å². The van der Waals surface area contributed by atoms with Crippen LogP contribution in [0.5, 0.6) is 0 Å². The molecule has 2 atom stereocenters. The van der Waals surface area contributed by atoms with Crippen molar-refractivity contribution in [3.63, 3.8) is 0 Å². The van der Waals surface area contributed by atoms with Crippen molar-refractivity contribution in [2.75, 3.05) is 20.3 Å². The fourth-order valence-corrected chi connectivity index (χ4v) is 0.933. The number of hydrogen-bond acceptors (Lipinski definition) is 4. The number of aliphatic hydroxyl groups excluding tert-OH is 1. The molecule has 0 radical (unpaired) electrons. The highest BCUT2D eigenvalue weighted by atomic mass is 19.3. The van der Waals surface area contributed by atoms with Gasteiger partial charge in [0.1, 0.15) is 6.61 Å².